The first kappa shape index (κ1) is 34.5. The van der Waals surface area contributed by atoms with Crippen LogP contribution >= 0.6 is 0 Å². The summed E-state index contributed by atoms with van der Waals surface area (Å²) >= 11 is 0. The molecule has 1 aliphatic rings. The summed E-state index contributed by atoms with van der Waals surface area (Å²) in [6, 6.07) is 24.7. The van der Waals surface area contributed by atoms with Crippen LogP contribution in [0.3, 0.4) is 0 Å². The minimum absolute atomic E-state index is 0.0352. The Balaban J connectivity index is 1.46. The molecule has 9 nitrogen and oxygen atoms in total. The number of rotatable bonds is 10. The fourth-order valence-electron chi connectivity index (χ4n) is 6.48. The van der Waals surface area contributed by atoms with E-state index in [4.69, 9.17) is 9.47 Å². The van der Waals surface area contributed by atoms with E-state index < -0.39 is 10.0 Å². The Hall–Kier alpha value is -4.83. The Morgan fingerprint density at radius 2 is 1.60 bits per heavy atom. The number of ether oxygens (including phenoxy) is 2. The zero-order valence-electron chi connectivity index (χ0n) is 28.5. The number of carbonyl (C=O) groups excluding carboxylic acids is 2. The van der Waals surface area contributed by atoms with Gasteiger partial charge in [-0.1, -0.05) is 50.2 Å². The fraction of sp³-hybridized carbons (Fsp3) is 0.316. The maximum Gasteiger partial charge on any atom is 0.265 e. The van der Waals surface area contributed by atoms with Crippen molar-refractivity contribution < 1.29 is 27.5 Å². The maximum absolute atomic E-state index is 14.0. The van der Waals surface area contributed by atoms with Gasteiger partial charge in [-0.3, -0.25) is 14.3 Å². The number of nitrogens with zero attached hydrogens (tertiary/aromatic N) is 2. The SMILES string of the molecule is COc1cccc(CC(=O)N(C)C2c3cc(NS(=O)(=O)c4cc(-c5cccc(C(=O)N(C)C)c5)ccc4OC)ccc3CCC2(C)C)c1. The van der Waals surface area contributed by atoms with Crippen molar-refractivity contribution in [3.8, 4) is 22.6 Å². The second-order valence-corrected chi connectivity index (χ2v) is 14.7. The van der Waals surface area contributed by atoms with Crippen LogP contribution in [0.1, 0.15) is 53.4 Å². The third kappa shape index (κ3) is 7.18. The molecule has 0 heterocycles. The van der Waals surface area contributed by atoms with E-state index in [1.807, 2.05) is 49.5 Å². The molecule has 0 saturated carbocycles. The van der Waals surface area contributed by atoms with Gasteiger partial charge in [0, 0.05) is 32.4 Å². The lowest BCUT2D eigenvalue weighted by Crippen LogP contribution is -2.43. The lowest BCUT2D eigenvalue weighted by atomic mass is 9.69. The molecule has 1 aliphatic carbocycles. The maximum atomic E-state index is 14.0. The van der Waals surface area contributed by atoms with Gasteiger partial charge in [-0.15, -0.1) is 0 Å². The van der Waals surface area contributed by atoms with Gasteiger partial charge in [0.1, 0.15) is 16.4 Å². The summed E-state index contributed by atoms with van der Waals surface area (Å²) in [4.78, 5) is 29.5. The number of anilines is 1. The van der Waals surface area contributed by atoms with E-state index in [9.17, 15) is 18.0 Å². The van der Waals surface area contributed by atoms with E-state index in [0.717, 1.165) is 29.5 Å². The molecule has 252 valence electrons. The van der Waals surface area contributed by atoms with E-state index in [1.54, 1.807) is 68.6 Å². The van der Waals surface area contributed by atoms with Crippen LogP contribution in [0.4, 0.5) is 5.69 Å². The van der Waals surface area contributed by atoms with Crippen LogP contribution in [0.15, 0.2) is 89.8 Å². The van der Waals surface area contributed by atoms with Crippen molar-refractivity contribution in [2.45, 2.75) is 44.0 Å². The summed E-state index contributed by atoms with van der Waals surface area (Å²) < 4.78 is 41.5. The summed E-state index contributed by atoms with van der Waals surface area (Å²) in [5, 5.41) is 0. The van der Waals surface area contributed by atoms with Gasteiger partial charge in [-0.25, -0.2) is 8.42 Å². The quantitative estimate of drug-likeness (QED) is 0.204. The highest BCUT2D eigenvalue weighted by Crippen LogP contribution is 2.47. The van der Waals surface area contributed by atoms with Crippen molar-refractivity contribution in [2.24, 2.45) is 5.41 Å². The Kier molecular flexibility index (Phi) is 9.86. The van der Waals surface area contributed by atoms with Gasteiger partial charge in [0.25, 0.3) is 15.9 Å². The first-order chi connectivity index (χ1) is 22.7. The minimum atomic E-state index is -4.13. The van der Waals surface area contributed by atoms with E-state index in [2.05, 4.69) is 18.6 Å². The number of likely N-dealkylation sites (N-methyl/N-ethyl adjacent to an activating group) is 1. The van der Waals surface area contributed by atoms with Crippen LogP contribution in [-0.2, 0) is 27.7 Å². The Morgan fingerprint density at radius 1 is 0.875 bits per heavy atom. The molecule has 4 aromatic rings. The number of benzene rings is 4. The molecule has 48 heavy (non-hydrogen) atoms. The van der Waals surface area contributed by atoms with Gasteiger partial charge in [0.05, 0.1) is 26.7 Å². The highest BCUT2D eigenvalue weighted by molar-refractivity contribution is 7.92. The van der Waals surface area contributed by atoms with Crippen LogP contribution in [0, 0.1) is 5.41 Å². The van der Waals surface area contributed by atoms with Crippen molar-refractivity contribution in [3.05, 3.63) is 107 Å². The third-order valence-corrected chi connectivity index (χ3v) is 10.4. The third-order valence-electron chi connectivity index (χ3n) is 9.04. The normalized spacial score (nSPS) is 15.2. The second-order valence-electron chi connectivity index (χ2n) is 13.1. The largest absolute Gasteiger partial charge is 0.497 e. The summed E-state index contributed by atoms with van der Waals surface area (Å²) in [6.45, 7) is 4.29. The zero-order valence-corrected chi connectivity index (χ0v) is 29.4. The predicted molar refractivity (Wildman–Crippen MR) is 188 cm³/mol. The first-order valence-electron chi connectivity index (χ1n) is 15.8. The number of aryl methyl sites for hydroxylation is 1. The molecule has 1 unspecified atom stereocenters. The number of carbonyl (C=O) groups is 2. The molecule has 0 aliphatic heterocycles. The van der Waals surface area contributed by atoms with Crippen LogP contribution in [-0.4, -0.2) is 65.4 Å². The number of sulfonamides is 1. The average Bonchev–Trinajstić information content (AvgIpc) is 3.06. The highest BCUT2D eigenvalue weighted by atomic mass is 32.2. The standard InChI is InChI=1S/C38H43N3O6S/c1-38(2)19-18-26-14-16-30(24-32(26)36(38)41(5)35(42)21-25-10-8-13-31(20-25)46-6)39-48(44,45)34-23-28(15-17-33(34)47-7)27-11-9-12-29(22-27)37(43)40(3)4/h8-17,20,22-24,36,39H,18-19,21H2,1-7H3. The van der Waals surface area contributed by atoms with Gasteiger partial charge >= 0.3 is 0 Å². The van der Waals surface area contributed by atoms with Gasteiger partial charge < -0.3 is 19.3 Å². The number of amides is 2. The van der Waals surface area contributed by atoms with Crippen molar-refractivity contribution >= 4 is 27.5 Å². The molecule has 0 fully saturated rings. The van der Waals surface area contributed by atoms with Crippen LogP contribution in [0.2, 0.25) is 0 Å². The number of hydrogen-bond acceptors (Lipinski definition) is 6. The summed E-state index contributed by atoms with van der Waals surface area (Å²) in [5.41, 5.74) is 4.78. The van der Waals surface area contributed by atoms with Gasteiger partial charge in [0.15, 0.2) is 0 Å². The van der Waals surface area contributed by atoms with Crippen LogP contribution < -0.4 is 14.2 Å². The number of fused-ring (bicyclic) bond motifs is 1. The number of hydrogen-bond donors (Lipinski definition) is 1. The topological polar surface area (TPSA) is 105 Å². The molecule has 0 aromatic heterocycles. The molecule has 0 saturated heterocycles. The molecule has 0 spiro atoms. The summed E-state index contributed by atoms with van der Waals surface area (Å²) in [5.74, 6) is 0.685. The van der Waals surface area contributed by atoms with Crippen molar-refractivity contribution in [3.63, 3.8) is 0 Å². The van der Waals surface area contributed by atoms with Crippen LogP contribution in [0.25, 0.3) is 11.1 Å². The van der Waals surface area contributed by atoms with Crippen molar-refractivity contribution in [1.82, 2.24) is 9.80 Å². The monoisotopic (exact) mass is 669 g/mol. The zero-order chi connectivity index (χ0) is 34.8. The van der Waals surface area contributed by atoms with E-state index in [0.29, 0.717) is 28.1 Å². The van der Waals surface area contributed by atoms with Crippen molar-refractivity contribution in [1.29, 1.82) is 0 Å². The van der Waals surface area contributed by atoms with E-state index in [-0.39, 0.29) is 40.3 Å². The lowest BCUT2D eigenvalue weighted by molar-refractivity contribution is -0.134. The second kappa shape index (κ2) is 13.7. The number of nitrogens with one attached hydrogen (secondary N) is 1. The molecule has 4 aromatic carbocycles. The Morgan fingerprint density at radius 3 is 2.31 bits per heavy atom. The lowest BCUT2D eigenvalue weighted by Gasteiger charge is -2.45. The van der Waals surface area contributed by atoms with Gasteiger partial charge in [-0.2, -0.15) is 0 Å². The minimum Gasteiger partial charge on any atom is -0.497 e. The fourth-order valence-corrected chi connectivity index (χ4v) is 7.73. The Labute approximate surface area is 283 Å². The van der Waals surface area contributed by atoms with Gasteiger partial charge in [-0.05, 0) is 94.6 Å². The first-order valence-corrected chi connectivity index (χ1v) is 17.3. The smallest absolute Gasteiger partial charge is 0.265 e. The molecule has 10 heteroatoms. The molecule has 1 N–H and O–H groups in total. The Bertz CT molecular complexity index is 1950. The molecular weight excluding hydrogens is 627 g/mol. The molecular formula is C38H43N3O6S. The van der Waals surface area contributed by atoms with E-state index >= 15 is 0 Å². The molecule has 2 amide bonds. The summed E-state index contributed by atoms with van der Waals surface area (Å²) in [6.07, 6.45) is 1.90. The summed E-state index contributed by atoms with van der Waals surface area (Å²) in [7, 11) is 4.08. The predicted octanol–water partition coefficient (Wildman–Crippen LogP) is 6.59. The molecule has 0 bridgehead atoms. The van der Waals surface area contributed by atoms with Crippen molar-refractivity contribution in [2.75, 3.05) is 40.1 Å². The molecule has 5 rings (SSSR count). The number of methoxy groups -OCH3 is 2. The molecule has 0 radical (unpaired) electrons. The van der Waals surface area contributed by atoms with Gasteiger partial charge in [0.2, 0.25) is 5.91 Å². The molecule has 1 atom stereocenters. The van der Waals surface area contributed by atoms with E-state index in [1.165, 1.54) is 12.0 Å². The average molecular weight is 670 g/mol. The highest BCUT2D eigenvalue weighted by Gasteiger charge is 2.40. The van der Waals surface area contributed by atoms with Crippen LogP contribution in [0.5, 0.6) is 11.5 Å².